The minimum Gasteiger partial charge on any atom is -0.356 e. The SMILES string of the molecule is [C]1=Nc2ncccc2C(c2ccccc2)N1. The Balaban J connectivity index is 2.09. The van der Waals surface area contributed by atoms with Crippen molar-refractivity contribution in [1.29, 1.82) is 0 Å². The zero-order chi connectivity index (χ0) is 10.8. The lowest BCUT2D eigenvalue weighted by Gasteiger charge is -2.21. The third-order valence-corrected chi connectivity index (χ3v) is 2.63. The van der Waals surface area contributed by atoms with Crippen molar-refractivity contribution in [3.05, 3.63) is 59.8 Å². The largest absolute Gasteiger partial charge is 0.356 e. The van der Waals surface area contributed by atoms with Crippen molar-refractivity contribution in [2.75, 3.05) is 0 Å². The monoisotopic (exact) mass is 208 g/mol. The Hall–Kier alpha value is -2.16. The molecule has 1 N–H and O–H groups in total. The smallest absolute Gasteiger partial charge is 0.172 e. The summed E-state index contributed by atoms with van der Waals surface area (Å²) < 4.78 is 0. The molecule has 0 aliphatic carbocycles. The molecule has 1 aliphatic heterocycles. The predicted octanol–water partition coefficient (Wildman–Crippen LogP) is 2.31. The molecule has 1 aromatic carbocycles. The Labute approximate surface area is 93.9 Å². The first-order chi connectivity index (χ1) is 7.95. The highest BCUT2D eigenvalue weighted by atomic mass is 15.0. The summed E-state index contributed by atoms with van der Waals surface area (Å²) >= 11 is 0. The van der Waals surface area contributed by atoms with Gasteiger partial charge in [0, 0.05) is 11.8 Å². The van der Waals surface area contributed by atoms with Crippen LogP contribution in [0, 0.1) is 0 Å². The summed E-state index contributed by atoms with van der Waals surface area (Å²) in [6.07, 6.45) is 4.55. The van der Waals surface area contributed by atoms with Crippen LogP contribution in [0.15, 0.2) is 53.7 Å². The Morgan fingerprint density at radius 3 is 2.81 bits per heavy atom. The number of nitrogens with one attached hydrogen (secondary N) is 1. The molecule has 77 valence electrons. The zero-order valence-electron chi connectivity index (χ0n) is 8.59. The van der Waals surface area contributed by atoms with Crippen molar-refractivity contribution >= 4 is 12.2 Å². The van der Waals surface area contributed by atoms with E-state index >= 15 is 0 Å². The number of hydrogen-bond acceptors (Lipinski definition) is 3. The minimum absolute atomic E-state index is 0.0994. The molecule has 0 bridgehead atoms. The van der Waals surface area contributed by atoms with E-state index in [0.717, 1.165) is 11.4 Å². The van der Waals surface area contributed by atoms with Gasteiger partial charge in [-0.15, -0.1) is 0 Å². The van der Waals surface area contributed by atoms with Crippen LogP contribution in [0.5, 0.6) is 0 Å². The Kier molecular flexibility index (Phi) is 2.14. The Bertz CT molecular complexity index is 520. The second-order valence-electron chi connectivity index (χ2n) is 3.63. The molecule has 0 fully saturated rings. The van der Waals surface area contributed by atoms with E-state index in [9.17, 15) is 0 Å². The van der Waals surface area contributed by atoms with E-state index in [1.807, 2.05) is 30.3 Å². The zero-order valence-corrected chi connectivity index (χ0v) is 8.59. The van der Waals surface area contributed by atoms with E-state index in [2.05, 4.69) is 33.8 Å². The number of aromatic nitrogens is 1. The van der Waals surface area contributed by atoms with Crippen LogP contribution >= 0.6 is 0 Å². The lowest BCUT2D eigenvalue weighted by atomic mass is 9.99. The fourth-order valence-corrected chi connectivity index (χ4v) is 1.86. The van der Waals surface area contributed by atoms with Gasteiger partial charge in [0.05, 0.1) is 6.04 Å². The maximum absolute atomic E-state index is 4.23. The molecule has 3 nitrogen and oxygen atoms in total. The van der Waals surface area contributed by atoms with Crippen LogP contribution in [0.3, 0.4) is 0 Å². The number of hydrogen-bond donors (Lipinski definition) is 1. The maximum atomic E-state index is 4.23. The van der Waals surface area contributed by atoms with E-state index in [4.69, 9.17) is 0 Å². The van der Waals surface area contributed by atoms with Crippen LogP contribution in [0.4, 0.5) is 5.82 Å². The van der Waals surface area contributed by atoms with Gasteiger partial charge in [0.25, 0.3) is 0 Å². The van der Waals surface area contributed by atoms with E-state index in [-0.39, 0.29) is 6.04 Å². The van der Waals surface area contributed by atoms with Gasteiger partial charge < -0.3 is 5.32 Å². The van der Waals surface area contributed by atoms with Gasteiger partial charge in [0.1, 0.15) is 0 Å². The molecule has 1 aliphatic rings. The number of pyridine rings is 1. The molecule has 0 saturated carbocycles. The first-order valence-electron chi connectivity index (χ1n) is 5.16. The first-order valence-corrected chi connectivity index (χ1v) is 5.16. The number of aliphatic imine (C=N–C) groups is 1. The molecule has 0 spiro atoms. The van der Waals surface area contributed by atoms with Gasteiger partial charge in [-0.05, 0) is 11.6 Å². The molecule has 3 rings (SSSR count). The fraction of sp³-hybridized carbons (Fsp3) is 0.0769. The molecule has 2 heterocycles. The van der Waals surface area contributed by atoms with Gasteiger partial charge >= 0.3 is 0 Å². The lowest BCUT2D eigenvalue weighted by molar-refractivity contribution is 0.755. The van der Waals surface area contributed by atoms with Gasteiger partial charge in [-0.1, -0.05) is 36.4 Å². The van der Waals surface area contributed by atoms with Crippen LogP contribution < -0.4 is 5.32 Å². The average Bonchev–Trinajstić information content (AvgIpc) is 2.39. The molecule has 1 radical (unpaired) electrons. The summed E-state index contributed by atoms with van der Waals surface area (Å²) in [5.41, 5.74) is 2.28. The second kappa shape index (κ2) is 3.77. The van der Waals surface area contributed by atoms with Crippen molar-refractivity contribution in [3.63, 3.8) is 0 Å². The van der Waals surface area contributed by atoms with E-state index in [1.165, 1.54) is 5.56 Å². The van der Waals surface area contributed by atoms with E-state index in [0.29, 0.717) is 0 Å². The molecule has 3 heteroatoms. The van der Waals surface area contributed by atoms with Crippen molar-refractivity contribution in [3.8, 4) is 0 Å². The second-order valence-corrected chi connectivity index (χ2v) is 3.63. The fourth-order valence-electron chi connectivity index (χ4n) is 1.86. The van der Waals surface area contributed by atoms with Crippen LogP contribution in [0.25, 0.3) is 0 Å². The molecule has 16 heavy (non-hydrogen) atoms. The molecular weight excluding hydrogens is 198 g/mol. The van der Waals surface area contributed by atoms with Crippen LogP contribution in [-0.2, 0) is 0 Å². The number of benzene rings is 1. The number of nitrogens with zero attached hydrogens (tertiary/aromatic N) is 2. The molecule has 2 aromatic rings. The van der Waals surface area contributed by atoms with Gasteiger partial charge in [-0.25, -0.2) is 9.98 Å². The third-order valence-electron chi connectivity index (χ3n) is 2.63. The molecule has 0 saturated heterocycles. The van der Waals surface area contributed by atoms with Crippen molar-refractivity contribution in [1.82, 2.24) is 10.3 Å². The summed E-state index contributed by atoms with van der Waals surface area (Å²) in [7, 11) is 0. The quantitative estimate of drug-likeness (QED) is 0.780. The molecule has 1 aromatic heterocycles. The lowest BCUT2D eigenvalue weighted by Crippen LogP contribution is -2.23. The highest BCUT2D eigenvalue weighted by molar-refractivity contribution is 5.67. The summed E-state index contributed by atoms with van der Waals surface area (Å²) in [4.78, 5) is 8.32. The van der Waals surface area contributed by atoms with Gasteiger partial charge in [-0.3, -0.25) is 0 Å². The first kappa shape index (κ1) is 9.09. The summed E-state index contributed by atoms with van der Waals surface area (Å²) in [5, 5.41) is 3.13. The minimum atomic E-state index is 0.0994. The summed E-state index contributed by atoms with van der Waals surface area (Å²) in [6, 6.07) is 14.3. The number of fused-ring (bicyclic) bond motifs is 1. The van der Waals surface area contributed by atoms with Crippen molar-refractivity contribution in [2.45, 2.75) is 6.04 Å². The third kappa shape index (κ3) is 1.46. The Morgan fingerprint density at radius 2 is 1.94 bits per heavy atom. The van der Waals surface area contributed by atoms with E-state index < -0.39 is 0 Å². The Morgan fingerprint density at radius 1 is 1.06 bits per heavy atom. The van der Waals surface area contributed by atoms with Crippen LogP contribution in [0.2, 0.25) is 0 Å². The van der Waals surface area contributed by atoms with E-state index in [1.54, 1.807) is 6.20 Å². The molecule has 1 atom stereocenters. The van der Waals surface area contributed by atoms with Gasteiger partial charge in [0.15, 0.2) is 12.2 Å². The predicted molar refractivity (Wildman–Crippen MR) is 62.8 cm³/mol. The number of rotatable bonds is 1. The highest BCUT2D eigenvalue weighted by Crippen LogP contribution is 2.29. The van der Waals surface area contributed by atoms with Crippen LogP contribution in [-0.4, -0.2) is 11.3 Å². The standard InChI is InChI=1S/C13H10N3/c1-2-5-10(6-3-1)12-11-7-4-8-14-13(11)16-9-15-12/h1-8,12H,(H,14,15,16). The van der Waals surface area contributed by atoms with Crippen LogP contribution in [0.1, 0.15) is 17.2 Å². The maximum Gasteiger partial charge on any atom is 0.172 e. The molecule has 0 amide bonds. The summed E-state index contributed by atoms with van der Waals surface area (Å²) in [6.45, 7) is 0. The molecule has 1 unspecified atom stereocenters. The van der Waals surface area contributed by atoms with Gasteiger partial charge in [0.2, 0.25) is 0 Å². The summed E-state index contributed by atoms with van der Waals surface area (Å²) in [5.74, 6) is 0.745. The van der Waals surface area contributed by atoms with Gasteiger partial charge in [-0.2, -0.15) is 0 Å². The average molecular weight is 208 g/mol. The van der Waals surface area contributed by atoms with Crippen molar-refractivity contribution < 1.29 is 0 Å². The highest BCUT2D eigenvalue weighted by Gasteiger charge is 2.19. The normalized spacial score (nSPS) is 17.6. The van der Waals surface area contributed by atoms with Crippen molar-refractivity contribution in [2.24, 2.45) is 4.99 Å². The molecular formula is C13H10N3. The topological polar surface area (TPSA) is 37.3 Å².